The molecule has 0 spiro atoms. The van der Waals surface area contributed by atoms with E-state index in [9.17, 15) is 0 Å². The normalized spacial score (nSPS) is 12.6. The molecular weight excluding hydrogens is 330 g/mol. The summed E-state index contributed by atoms with van der Waals surface area (Å²) in [6, 6.07) is 11.5. The molecule has 1 aromatic heterocycles. The van der Waals surface area contributed by atoms with E-state index in [0.717, 1.165) is 19.4 Å². The Morgan fingerprint density at radius 2 is 2.05 bits per heavy atom. The maximum Gasteiger partial charge on any atom is 0.0456 e. The molecule has 0 fully saturated rings. The molecule has 1 unspecified atom stereocenters. The minimum atomic E-state index is 0.409. The van der Waals surface area contributed by atoms with E-state index in [2.05, 4.69) is 72.3 Å². The average Bonchev–Trinajstić information content (AvgIpc) is 2.74. The van der Waals surface area contributed by atoms with E-state index in [1.807, 2.05) is 11.3 Å². The lowest BCUT2D eigenvalue weighted by Crippen LogP contribution is -2.23. The Kier molecular flexibility index (Phi) is 5.82. The van der Waals surface area contributed by atoms with Crippen molar-refractivity contribution >= 4 is 27.3 Å². The van der Waals surface area contributed by atoms with Crippen LogP contribution in [0.2, 0.25) is 0 Å². The van der Waals surface area contributed by atoms with Gasteiger partial charge in [0.1, 0.15) is 0 Å². The second-order valence-corrected chi connectivity index (χ2v) is 7.40. The van der Waals surface area contributed by atoms with Crippen LogP contribution in [-0.4, -0.2) is 6.54 Å². The molecule has 0 saturated heterocycles. The molecule has 1 atom stereocenters. The fourth-order valence-electron chi connectivity index (χ4n) is 2.32. The molecule has 0 radical (unpaired) electrons. The summed E-state index contributed by atoms with van der Waals surface area (Å²) < 4.78 is 1.23. The summed E-state index contributed by atoms with van der Waals surface area (Å²) in [7, 11) is 0. The van der Waals surface area contributed by atoms with E-state index in [1.54, 1.807) is 0 Å². The van der Waals surface area contributed by atoms with E-state index in [1.165, 1.54) is 25.4 Å². The molecule has 1 N–H and O–H groups in total. The Morgan fingerprint density at radius 3 is 2.65 bits per heavy atom. The third kappa shape index (κ3) is 4.18. The summed E-state index contributed by atoms with van der Waals surface area (Å²) in [6.45, 7) is 7.60. The predicted molar refractivity (Wildman–Crippen MR) is 92.7 cm³/mol. The number of aryl methyl sites for hydroxylation is 2. The Morgan fingerprint density at radius 1 is 1.25 bits per heavy atom. The fraction of sp³-hybridized carbons (Fsp3) is 0.412. The lowest BCUT2D eigenvalue weighted by Gasteiger charge is -2.17. The first kappa shape index (κ1) is 15.7. The number of nitrogens with one attached hydrogen (secondary N) is 1. The lowest BCUT2D eigenvalue weighted by atomic mass is 10.0. The number of rotatable bonds is 6. The predicted octanol–water partition coefficient (Wildman–Crippen LogP) is 5.41. The van der Waals surface area contributed by atoms with Crippen molar-refractivity contribution in [3.8, 4) is 0 Å². The number of hydrogen-bond acceptors (Lipinski definition) is 2. The van der Waals surface area contributed by atoms with Crippen LogP contribution in [0.25, 0.3) is 0 Å². The minimum absolute atomic E-state index is 0.409. The van der Waals surface area contributed by atoms with Gasteiger partial charge in [-0.1, -0.05) is 36.8 Å². The van der Waals surface area contributed by atoms with Crippen molar-refractivity contribution in [2.75, 3.05) is 6.54 Å². The van der Waals surface area contributed by atoms with E-state index in [-0.39, 0.29) is 0 Å². The lowest BCUT2D eigenvalue weighted by molar-refractivity contribution is 0.536. The van der Waals surface area contributed by atoms with Crippen LogP contribution in [0.3, 0.4) is 0 Å². The van der Waals surface area contributed by atoms with Gasteiger partial charge in [-0.2, -0.15) is 0 Å². The van der Waals surface area contributed by atoms with Crippen LogP contribution in [0.1, 0.15) is 40.3 Å². The summed E-state index contributed by atoms with van der Waals surface area (Å²) >= 11 is 5.52. The number of benzene rings is 1. The van der Waals surface area contributed by atoms with Crippen LogP contribution < -0.4 is 5.32 Å². The summed E-state index contributed by atoms with van der Waals surface area (Å²) in [4.78, 5) is 2.77. The molecule has 108 valence electrons. The second-order valence-electron chi connectivity index (χ2n) is 5.25. The molecule has 1 heterocycles. The van der Waals surface area contributed by atoms with Crippen LogP contribution in [0.15, 0.2) is 34.8 Å². The highest BCUT2D eigenvalue weighted by Gasteiger charge is 2.15. The van der Waals surface area contributed by atoms with Gasteiger partial charge in [0.15, 0.2) is 0 Å². The highest BCUT2D eigenvalue weighted by molar-refractivity contribution is 9.10. The van der Waals surface area contributed by atoms with Crippen molar-refractivity contribution in [1.82, 2.24) is 5.32 Å². The van der Waals surface area contributed by atoms with Gasteiger partial charge in [0.05, 0.1) is 0 Å². The van der Waals surface area contributed by atoms with E-state index < -0.39 is 0 Å². The Hall–Kier alpha value is -0.640. The number of hydrogen-bond donors (Lipinski definition) is 1. The molecular formula is C17H22BrNS. The van der Waals surface area contributed by atoms with Crippen molar-refractivity contribution in [2.45, 2.75) is 39.7 Å². The van der Waals surface area contributed by atoms with E-state index in [4.69, 9.17) is 0 Å². The van der Waals surface area contributed by atoms with Gasteiger partial charge in [0.2, 0.25) is 0 Å². The Bertz CT molecular complexity index is 542. The van der Waals surface area contributed by atoms with Crippen molar-refractivity contribution < 1.29 is 0 Å². The smallest absolute Gasteiger partial charge is 0.0456 e. The maximum absolute atomic E-state index is 3.68. The quantitative estimate of drug-likeness (QED) is 0.733. The van der Waals surface area contributed by atoms with E-state index >= 15 is 0 Å². The summed E-state index contributed by atoms with van der Waals surface area (Å²) in [5.41, 5.74) is 2.74. The Labute approximate surface area is 134 Å². The molecule has 3 heteroatoms. The molecule has 0 aliphatic heterocycles. The number of halogens is 1. The largest absolute Gasteiger partial charge is 0.309 e. The highest BCUT2D eigenvalue weighted by atomic mass is 79.9. The number of thiophene rings is 1. The molecule has 0 aliphatic carbocycles. The van der Waals surface area contributed by atoms with Crippen molar-refractivity contribution in [2.24, 2.45) is 0 Å². The van der Waals surface area contributed by atoms with Crippen LogP contribution in [0, 0.1) is 13.8 Å². The molecule has 20 heavy (non-hydrogen) atoms. The third-order valence-electron chi connectivity index (χ3n) is 3.38. The van der Waals surface area contributed by atoms with Crippen molar-refractivity contribution in [3.05, 3.63) is 55.7 Å². The molecule has 0 saturated carbocycles. The minimum Gasteiger partial charge on any atom is -0.309 e. The van der Waals surface area contributed by atoms with Crippen LogP contribution in [-0.2, 0) is 6.42 Å². The molecule has 0 amide bonds. The fourth-order valence-corrected chi connectivity index (χ4v) is 3.96. The molecule has 1 aromatic carbocycles. The molecule has 2 rings (SSSR count). The van der Waals surface area contributed by atoms with Gasteiger partial charge in [0, 0.05) is 20.3 Å². The first-order valence-electron chi connectivity index (χ1n) is 7.15. The topological polar surface area (TPSA) is 12.0 Å². The van der Waals surface area contributed by atoms with Crippen molar-refractivity contribution in [1.29, 1.82) is 0 Å². The molecule has 1 nitrogen and oxygen atoms in total. The SMILES string of the molecule is CCCNC(Cc1cccc(C)c1)c1cc(Br)c(C)s1. The summed E-state index contributed by atoms with van der Waals surface area (Å²) in [5, 5.41) is 3.68. The van der Waals surface area contributed by atoms with Crippen molar-refractivity contribution in [3.63, 3.8) is 0 Å². The van der Waals surface area contributed by atoms with Gasteiger partial charge in [-0.15, -0.1) is 11.3 Å². The molecule has 2 aromatic rings. The zero-order valence-corrected chi connectivity index (χ0v) is 14.8. The van der Waals surface area contributed by atoms with Gasteiger partial charge >= 0.3 is 0 Å². The van der Waals surface area contributed by atoms with Crippen LogP contribution in [0.5, 0.6) is 0 Å². The van der Waals surface area contributed by atoms with Gasteiger partial charge in [-0.3, -0.25) is 0 Å². The molecule has 0 aliphatic rings. The standard InChI is InChI=1S/C17H22BrNS/c1-4-8-19-16(17-11-15(18)13(3)20-17)10-14-7-5-6-12(2)9-14/h5-7,9,11,16,19H,4,8,10H2,1-3H3. The zero-order chi connectivity index (χ0) is 14.5. The van der Waals surface area contributed by atoms with E-state index in [0.29, 0.717) is 6.04 Å². The summed E-state index contributed by atoms with van der Waals surface area (Å²) in [6.07, 6.45) is 2.21. The van der Waals surface area contributed by atoms with Gasteiger partial charge in [-0.05, 0) is 60.8 Å². The first-order valence-corrected chi connectivity index (χ1v) is 8.76. The van der Waals surface area contributed by atoms with Gasteiger partial charge in [-0.25, -0.2) is 0 Å². The molecule has 0 bridgehead atoms. The zero-order valence-electron chi connectivity index (χ0n) is 12.4. The highest BCUT2D eigenvalue weighted by Crippen LogP contribution is 2.32. The first-order chi connectivity index (χ1) is 9.60. The monoisotopic (exact) mass is 351 g/mol. The second kappa shape index (κ2) is 7.39. The van der Waals surface area contributed by atoms with Gasteiger partial charge < -0.3 is 5.32 Å². The van der Waals surface area contributed by atoms with Crippen LogP contribution in [0.4, 0.5) is 0 Å². The van der Waals surface area contributed by atoms with Crippen LogP contribution >= 0.6 is 27.3 Å². The Balaban J connectivity index is 2.19. The summed E-state index contributed by atoms with van der Waals surface area (Å²) in [5.74, 6) is 0. The van der Waals surface area contributed by atoms with Gasteiger partial charge in [0.25, 0.3) is 0 Å². The third-order valence-corrected chi connectivity index (χ3v) is 5.63. The average molecular weight is 352 g/mol. The maximum atomic E-state index is 3.68.